The molecule has 2 nitrogen and oxygen atoms in total. The van der Waals surface area contributed by atoms with Gasteiger partial charge in [0.2, 0.25) is 0 Å². The molecule has 0 aromatic heterocycles. The van der Waals surface area contributed by atoms with Crippen LogP contribution in [0.1, 0.15) is 39.8 Å². The molecule has 4 aromatic carbocycles. The first kappa shape index (κ1) is 26.4. The van der Waals surface area contributed by atoms with Crippen molar-refractivity contribution in [2.24, 2.45) is 0 Å². The van der Waals surface area contributed by atoms with Crippen LogP contribution in [0.15, 0.2) is 60.7 Å². The Hall–Kier alpha value is -3.69. The quantitative estimate of drug-likeness (QED) is 0.166. The molecule has 0 aliphatic rings. The van der Waals surface area contributed by atoms with Crippen LogP contribution in [0.4, 0.5) is 17.6 Å². The molecule has 0 saturated heterocycles. The number of halogens is 4. The largest absolute Gasteiger partial charge is 0.385 e. The second kappa shape index (κ2) is 12.0. The van der Waals surface area contributed by atoms with Crippen LogP contribution >= 0.6 is 0 Å². The van der Waals surface area contributed by atoms with E-state index in [2.05, 4.69) is 0 Å². The van der Waals surface area contributed by atoms with Gasteiger partial charge in [0.15, 0.2) is 0 Å². The van der Waals surface area contributed by atoms with E-state index in [-0.39, 0.29) is 24.5 Å². The highest BCUT2D eigenvalue weighted by Crippen LogP contribution is 2.25. The summed E-state index contributed by atoms with van der Waals surface area (Å²) >= 11 is 0. The van der Waals surface area contributed by atoms with E-state index in [0.717, 1.165) is 41.5 Å². The molecule has 0 bridgehead atoms. The fraction of sp³-hybridized carbons (Fsp3) is 0.258. The van der Waals surface area contributed by atoms with E-state index in [1.807, 2.05) is 30.3 Å². The lowest BCUT2D eigenvalue weighted by Gasteiger charge is -2.10. The third-order valence-electron chi connectivity index (χ3n) is 6.61. The molecule has 0 atom stereocenters. The summed E-state index contributed by atoms with van der Waals surface area (Å²) in [5.41, 5.74) is 2.76. The number of fused-ring (bicyclic) bond motifs is 1. The zero-order chi connectivity index (χ0) is 26.4. The van der Waals surface area contributed by atoms with Gasteiger partial charge in [-0.2, -0.15) is 5.26 Å². The van der Waals surface area contributed by atoms with E-state index >= 15 is 4.39 Å². The Labute approximate surface area is 214 Å². The van der Waals surface area contributed by atoms with Crippen LogP contribution in [0.5, 0.6) is 0 Å². The molecule has 0 spiro atoms. The number of rotatable bonds is 10. The number of nitriles is 1. The molecule has 0 unspecified atom stereocenters. The predicted molar refractivity (Wildman–Crippen MR) is 136 cm³/mol. The van der Waals surface area contributed by atoms with Crippen LogP contribution in [0.25, 0.3) is 10.8 Å². The molecule has 0 radical (unpaired) electrons. The maximum Gasteiger partial charge on any atom is 0.144 e. The first-order valence-electron chi connectivity index (χ1n) is 12.2. The number of hydrogen-bond acceptors (Lipinski definition) is 2. The van der Waals surface area contributed by atoms with E-state index in [9.17, 15) is 13.2 Å². The summed E-state index contributed by atoms with van der Waals surface area (Å²) in [6.45, 7) is 0.643. The fourth-order valence-electron chi connectivity index (χ4n) is 4.54. The summed E-state index contributed by atoms with van der Waals surface area (Å²) in [4.78, 5) is 0. The molecule has 4 rings (SSSR count). The van der Waals surface area contributed by atoms with Crippen LogP contribution in [0.2, 0.25) is 0 Å². The van der Waals surface area contributed by atoms with Gasteiger partial charge in [0, 0.05) is 19.1 Å². The highest BCUT2D eigenvalue weighted by atomic mass is 19.1. The van der Waals surface area contributed by atoms with Crippen LogP contribution in [0, 0.1) is 34.6 Å². The van der Waals surface area contributed by atoms with Crippen LogP contribution in [0.3, 0.4) is 0 Å². The van der Waals surface area contributed by atoms with Gasteiger partial charge < -0.3 is 4.74 Å². The van der Waals surface area contributed by atoms with Crippen molar-refractivity contribution in [1.29, 1.82) is 5.26 Å². The van der Waals surface area contributed by atoms with E-state index < -0.39 is 17.2 Å². The highest BCUT2D eigenvalue weighted by molar-refractivity contribution is 5.84. The smallest absolute Gasteiger partial charge is 0.144 e. The molecule has 37 heavy (non-hydrogen) atoms. The highest BCUT2D eigenvalue weighted by Gasteiger charge is 2.13. The molecule has 6 heteroatoms. The summed E-state index contributed by atoms with van der Waals surface area (Å²) in [6, 6.07) is 18.1. The van der Waals surface area contributed by atoms with E-state index in [0.29, 0.717) is 41.5 Å². The average Bonchev–Trinajstić information content (AvgIpc) is 2.88. The number of aryl methyl sites for hydroxylation is 5. The number of ether oxygens (including phenoxy) is 1. The maximum atomic E-state index is 15.2. The molecular formula is C31H27F4NO. The number of benzene rings is 4. The Bertz CT molecular complexity index is 1440. The predicted octanol–water partition coefficient (Wildman–Crippen LogP) is 7.42. The second-order valence-corrected chi connectivity index (χ2v) is 9.16. The molecule has 0 fully saturated rings. The molecule has 0 saturated carbocycles. The van der Waals surface area contributed by atoms with E-state index in [1.54, 1.807) is 25.3 Å². The lowest BCUT2D eigenvalue weighted by atomic mass is 9.96. The summed E-state index contributed by atoms with van der Waals surface area (Å²) in [6.07, 6.45) is 3.26. The Kier molecular flexibility index (Phi) is 8.58. The Morgan fingerprint density at radius 1 is 0.676 bits per heavy atom. The van der Waals surface area contributed by atoms with Crippen molar-refractivity contribution in [3.05, 3.63) is 117 Å². The third kappa shape index (κ3) is 6.36. The van der Waals surface area contributed by atoms with Gasteiger partial charge in [-0.05, 0) is 89.9 Å². The van der Waals surface area contributed by atoms with Gasteiger partial charge in [-0.15, -0.1) is 0 Å². The second-order valence-electron chi connectivity index (χ2n) is 9.16. The normalized spacial score (nSPS) is 11.1. The van der Waals surface area contributed by atoms with E-state index in [1.165, 1.54) is 6.07 Å². The molecule has 0 heterocycles. The topological polar surface area (TPSA) is 33.0 Å². The molecule has 0 amide bonds. The standard InChI is InChI=1S/C31H27F4NO/c1-37-14-2-3-20-4-8-23(28(32)16-20)9-5-21-7-13-26-25(15-21)12-11-24(31(26)35)10-6-22-17-29(33)27(19-36)30(34)18-22/h4,7-8,11-13,15-18H,2-3,5-6,9-10,14H2,1H3. The van der Waals surface area contributed by atoms with Gasteiger partial charge in [0.1, 0.15) is 34.9 Å². The minimum Gasteiger partial charge on any atom is -0.385 e. The van der Waals surface area contributed by atoms with Gasteiger partial charge in [-0.3, -0.25) is 0 Å². The fourth-order valence-corrected chi connectivity index (χ4v) is 4.54. The third-order valence-corrected chi connectivity index (χ3v) is 6.61. The van der Waals surface area contributed by atoms with Gasteiger partial charge in [-0.25, -0.2) is 17.6 Å². The van der Waals surface area contributed by atoms with Crippen molar-refractivity contribution in [2.75, 3.05) is 13.7 Å². The average molecular weight is 506 g/mol. The van der Waals surface area contributed by atoms with Crippen molar-refractivity contribution < 1.29 is 22.3 Å². The molecule has 4 aromatic rings. The van der Waals surface area contributed by atoms with Crippen molar-refractivity contribution in [1.82, 2.24) is 0 Å². The Morgan fingerprint density at radius 3 is 2.00 bits per heavy atom. The lowest BCUT2D eigenvalue weighted by Crippen LogP contribution is -2.00. The van der Waals surface area contributed by atoms with Gasteiger partial charge in [0.25, 0.3) is 0 Å². The molecule has 0 aliphatic heterocycles. The van der Waals surface area contributed by atoms with Crippen molar-refractivity contribution >= 4 is 10.8 Å². The summed E-state index contributed by atoms with van der Waals surface area (Å²) in [7, 11) is 1.65. The minimum atomic E-state index is -0.915. The molecule has 190 valence electrons. The van der Waals surface area contributed by atoms with Gasteiger partial charge in [-0.1, -0.05) is 42.5 Å². The minimum absolute atomic E-state index is 0.214. The van der Waals surface area contributed by atoms with Crippen LogP contribution < -0.4 is 0 Å². The molecular weight excluding hydrogens is 478 g/mol. The Morgan fingerprint density at radius 2 is 1.30 bits per heavy atom. The number of methoxy groups -OCH3 is 1. The molecule has 0 N–H and O–H groups in total. The van der Waals surface area contributed by atoms with Crippen LogP contribution in [-0.4, -0.2) is 13.7 Å². The summed E-state index contributed by atoms with van der Waals surface area (Å²) in [5.74, 6) is -2.41. The lowest BCUT2D eigenvalue weighted by molar-refractivity contribution is 0.195. The molecule has 0 aliphatic carbocycles. The van der Waals surface area contributed by atoms with E-state index in [4.69, 9.17) is 10.00 Å². The summed E-state index contributed by atoms with van der Waals surface area (Å²) < 4.78 is 62.5. The maximum absolute atomic E-state index is 15.2. The zero-order valence-electron chi connectivity index (χ0n) is 20.6. The number of nitrogens with zero attached hydrogens (tertiary/aromatic N) is 1. The van der Waals surface area contributed by atoms with Crippen molar-refractivity contribution in [2.45, 2.75) is 38.5 Å². The van der Waals surface area contributed by atoms with Crippen LogP contribution in [-0.2, 0) is 36.8 Å². The number of hydrogen-bond donors (Lipinski definition) is 0. The SMILES string of the molecule is COCCCc1ccc(CCc2ccc3c(F)c(CCc4cc(F)c(C#N)c(F)c4)ccc3c2)c(F)c1. The first-order chi connectivity index (χ1) is 17.9. The van der Waals surface area contributed by atoms with Crippen molar-refractivity contribution in [3.63, 3.8) is 0 Å². The first-order valence-corrected chi connectivity index (χ1v) is 12.2. The van der Waals surface area contributed by atoms with Gasteiger partial charge >= 0.3 is 0 Å². The zero-order valence-corrected chi connectivity index (χ0v) is 20.6. The monoisotopic (exact) mass is 505 g/mol. The van der Waals surface area contributed by atoms with Gasteiger partial charge in [0.05, 0.1) is 0 Å². The van der Waals surface area contributed by atoms with Crippen molar-refractivity contribution in [3.8, 4) is 6.07 Å². The summed E-state index contributed by atoms with van der Waals surface area (Å²) in [5, 5.41) is 10.0. The Balaban J connectivity index is 1.42.